The fourth-order valence-electron chi connectivity index (χ4n) is 7.63. The van der Waals surface area contributed by atoms with Crippen LogP contribution in [0.1, 0.15) is 34.0 Å². The van der Waals surface area contributed by atoms with Gasteiger partial charge in [0.25, 0.3) is 5.91 Å². The number of nitrogens with zero attached hydrogens (tertiary/aromatic N) is 9. The highest BCUT2D eigenvalue weighted by molar-refractivity contribution is 5.95. The second-order valence-electron chi connectivity index (χ2n) is 14.4. The number of methoxy groups -OCH3 is 2. The SMILES string of the molecule is CCN1CCN(C(=O)c2ccc(F)c(N3CCc4c(-c5cnc(N(Cc6ccc(OC)cc6)Cc6ccc(OC)cc6)nc5)nc(N5CCOCC5)nc43)c2)CC1. The number of aromatic nitrogens is 4. The van der Waals surface area contributed by atoms with Crippen molar-refractivity contribution < 1.29 is 23.4 Å². The molecule has 0 atom stereocenters. The van der Waals surface area contributed by atoms with Gasteiger partial charge in [-0.15, -0.1) is 0 Å². The number of halogens is 1. The highest BCUT2D eigenvalue weighted by Gasteiger charge is 2.32. The number of amides is 1. The third kappa shape index (κ3) is 8.33. The third-order valence-electron chi connectivity index (χ3n) is 11.0. The van der Waals surface area contributed by atoms with Gasteiger partial charge in [0.2, 0.25) is 11.9 Å². The van der Waals surface area contributed by atoms with Gasteiger partial charge in [0.15, 0.2) is 0 Å². The van der Waals surface area contributed by atoms with Crippen molar-refractivity contribution in [3.8, 4) is 22.8 Å². The van der Waals surface area contributed by atoms with E-state index in [0.717, 1.165) is 53.4 Å². The first-order valence-corrected chi connectivity index (χ1v) is 19.6. The number of carbonyl (C=O) groups is 1. The van der Waals surface area contributed by atoms with Gasteiger partial charge >= 0.3 is 0 Å². The van der Waals surface area contributed by atoms with Crippen LogP contribution in [0, 0.1) is 5.82 Å². The van der Waals surface area contributed by atoms with Gasteiger partial charge in [0.05, 0.1) is 38.8 Å². The highest BCUT2D eigenvalue weighted by Crippen LogP contribution is 2.40. The molecule has 0 spiro atoms. The van der Waals surface area contributed by atoms with E-state index < -0.39 is 5.82 Å². The summed E-state index contributed by atoms with van der Waals surface area (Å²) in [4.78, 5) is 43.9. The Morgan fingerprint density at radius 3 is 2.04 bits per heavy atom. The van der Waals surface area contributed by atoms with Crippen LogP contribution in [0.5, 0.6) is 11.5 Å². The molecule has 2 aromatic heterocycles. The van der Waals surface area contributed by atoms with E-state index in [1.807, 2.05) is 70.7 Å². The van der Waals surface area contributed by atoms with Crippen molar-refractivity contribution >= 4 is 29.3 Å². The van der Waals surface area contributed by atoms with Gasteiger partial charge in [-0.1, -0.05) is 31.2 Å². The lowest BCUT2D eigenvalue weighted by atomic mass is 10.1. The van der Waals surface area contributed by atoms with Crippen LogP contribution in [0.25, 0.3) is 11.3 Å². The number of morpholine rings is 1. The summed E-state index contributed by atoms with van der Waals surface area (Å²) in [6, 6.07) is 20.6. The Bertz CT molecular complexity index is 2110. The van der Waals surface area contributed by atoms with Crippen LogP contribution in [0.4, 0.5) is 27.8 Å². The number of hydrogen-bond donors (Lipinski definition) is 0. The number of rotatable bonds is 12. The van der Waals surface area contributed by atoms with Crippen molar-refractivity contribution in [2.45, 2.75) is 26.4 Å². The van der Waals surface area contributed by atoms with Gasteiger partial charge in [0.1, 0.15) is 23.1 Å². The van der Waals surface area contributed by atoms with Crippen molar-refractivity contribution in [2.24, 2.45) is 0 Å². The average Bonchev–Trinajstić information content (AvgIpc) is 3.70. The molecule has 1 amide bonds. The molecule has 14 heteroatoms. The molecule has 0 bridgehead atoms. The van der Waals surface area contributed by atoms with E-state index in [1.54, 1.807) is 26.4 Å². The van der Waals surface area contributed by atoms with Gasteiger partial charge in [0, 0.05) is 88.0 Å². The topological polar surface area (TPSA) is 113 Å². The van der Waals surface area contributed by atoms with Gasteiger partial charge in [-0.2, -0.15) is 4.98 Å². The standard InChI is InChI=1S/C43H48FN9O4/c1-4-49-17-19-50(20-18-49)41(54)32-9-14-37(44)38(25-32)53-16-15-36-39(47-43(48-40(36)53)51-21-23-57-24-22-51)33-26-45-42(46-27-33)52(28-30-5-10-34(55-2)11-6-30)29-31-7-12-35(56-3)13-8-31/h5-14,25-27H,4,15-24,28-29H2,1-3H3. The molecule has 3 aliphatic rings. The van der Waals surface area contributed by atoms with Gasteiger partial charge in [-0.05, 0) is 66.6 Å². The summed E-state index contributed by atoms with van der Waals surface area (Å²) < 4.78 is 32.2. The first kappa shape index (κ1) is 38.0. The number of carbonyl (C=O) groups excluding carboxylic acids is 1. The molecular formula is C43H48FN9O4. The Kier molecular flexibility index (Phi) is 11.4. The number of hydrogen-bond acceptors (Lipinski definition) is 12. The summed E-state index contributed by atoms with van der Waals surface area (Å²) in [5, 5.41) is 0. The lowest BCUT2D eigenvalue weighted by molar-refractivity contribution is 0.0643. The molecule has 13 nitrogen and oxygen atoms in total. The summed E-state index contributed by atoms with van der Waals surface area (Å²) in [5.74, 6) is 2.79. The quantitative estimate of drug-likeness (QED) is 0.157. The summed E-state index contributed by atoms with van der Waals surface area (Å²) in [6.07, 6.45) is 4.20. The highest BCUT2D eigenvalue weighted by atomic mass is 19.1. The molecule has 5 heterocycles. The fraction of sp³-hybridized carbons (Fsp3) is 0.372. The zero-order valence-corrected chi connectivity index (χ0v) is 32.7. The number of fused-ring (bicyclic) bond motifs is 1. The van der Waals surface area contributed by atoms with Crippen molar-refractivity contribution in [3.63, 3.8) is 0 Å². The van der Waals surface area contributed by atoms with Crippen LogP contribution in [-0.2, 0) is 24.2 Å². The van der Waals surface area contributed by atoms with Crippen LogP contribution >= 0.6 is 0 Å². The number of benzene rings is 3. The van der Waals surface area contributed by atoms with Crippen molar-refractivity contribution in [1.29, 1.82) is 0 Å². The van der Waals surface area contributed by atoms with E-state index in [2.05, 4.69) is 21.6 Å². The van der Waals surface area contributed by atoms with Crippen molar-refractivity contribution in [1.82, 2.24) is 29.7 Å². The van der Waals surface area contributed by atoms with Crippen LogP contribution in [0.2, 0.25) is 0 Å². The predicted molar refractivity (Wildman–Crippen MR) is 217 cm³/mol. The van der Waals surface area contributed by atoms with Gasteiger partial charge in [-0.3, -0.25) is 4.79 Å². The Hall–Kier alpha value is -5.86. The zero-order chi connectivity index (χ0) is 39.3. The van der Waals surface area contributed by atoms with Crippen LogP contribution < -0.4 is 24.2 Å². The lowest BCUT2D eigenvalue weighted by Crippen LogP contribution is -2.48. The van der Waals surface area contributed by atoms with E-state index in [1.165, 1.54) is 6.07 Å². The predicted octanol–water partition coefficient (Wildman–Crippen LogP) is 5.61. The summed E-state index contributed by atoms with van der Waals surface area (Å²) in [7, 11) is 3.31. The molecule has 0 N–H and O–H groups in total. The largest absolute Gasteiger partial charge is 0.497 e. The van der Waals surface area contributed by atoms with E-state index in [0.29, 0.717) is 100 Å². The molecule has 0 aliphatic carbocycles. The first-order valence-electron chi connectivity index (χ1n) is 19.6. The fourth-order valence-corrected chi connectivity index (χ4v) is 7.63. The maximum absolute atomic E-state index is 15.8. The molecule has 8 rings (SSSR count). The molecule has 296 valence electrons. The van der Waals surface area contributed by atoms with Crippen molar-refractivity contribution in [3.05, 3.63) is 107 Å². The summed E-state index contributed by atoms with van der Waals surface area (Å²) in [5.41, 5.74) is 5.26. The van der Waals surface area contributed by atoms with E-state index >= 15 is 4.39 Å². The molecule has 5 aromatic rings. The van der Waals surface area contributed by atoms with Crippen LogP contribution in [0.3, 0.4) is 0 Å². The smallest absolute Gasteiger partial charge is 0.254 e. The first-order chi connectivity index (χ1) is 27.9. The molecule has 0 saturated carbocycles. The molecule has 0 unspecified atom stereocenters. The minimum atomic E-state index is -0.412. The zero-order valence-electron chi connectivity index (χ0n) is 32.7. The molecule has 3 aliphatic heterocycles. The Balaban J connectivity index is 1.12. The number of anilines is 4. The van der Waals surface area contributed by atoms with Crippen LogP contribution in [0.15, 0.2) is 79.1 Å². The maximum Gasteiger partial charge on any atom is 0.254 e. The number of piperazine rings is 1. The molecule has 0 radical (unpaired) electrons. The van der Waals surface area contributed by atoms with Crippen LogP contribution in [-0.4, -0.2) is 115 Å². The van der Waals surface area contributed by atoms with Gasteiger partial charge < -0.3 is 38.7 Å². The summed E-state index contributed by atoms with van der Waals surface area (Å²) in [6.45, 7) is 10.0. The Morgan fingerprint density at radius 1 is 0.807 bits per heavy atom. The molecule has 3 aromatic carbocycles. The minimum absolute atomic E-state index is 0.0888. The Labute approximate surface area is 332 Å². The Morgan fingerprint density at radius 2 is 1.44 bits per heavy atom. The maximum atomic E-state index is 15.8. The molecule has 57 heavy (non-hydrogen) atoms. The minimum Gasteiger partial charge on any atom is -0.497 e. The van der Waals surface area contributed by atoms with E-state index in [-0.39, 0.29) is 5.91 Å². The van der Waals surface area contributed by atoms with E-state index in [9.17, 15) is 4.79 Å². The average molecular weight is 774 g/mol. The number of ether oxygens (including phenoxy) is 3. The van der Waals surface area contributed by atoms with Gasteiger partial charge in [-0.25, -0.2) is 19.3 Å². The molecule has 2 fully saturated rings. The van der Waals surface area contributed by atoms with E-state index in [4.69, 9.17) is 34.1 Å². The molecular weight excluding hydrogens is 726 g/mol. The van der Waals surface area contributed by atoms with Crippen molar-refractivity contribution in [2.75, 3.05) is 94.5 Å². The number of likely N-dealkylation sites (N-methyl/N-ethyl adjacent to an activating group) is 1. The normalized spacial score (nSPS) is 15.8. The lowest BCUT2D eigenvalue weighted by Gasteiger charge is -2.34. The second-order valence-corrected chi connectivity index (χ2v) is 14.4. The second kappa shape index (κ2) is 17.1. The monoisotopic (exact) mass is 773 g/mol. The summed E-state index contributed by atoms with van der Waals surface area (Å²) >= 11 is 0. The third-order valence-corrected chi connectivity index (χ3v) is 11.0. The molecule has 2 saturated heterocycles.